The van der Waals surface area contributed by atoms with Crippen LogP contribution in [0.15, 0.2) is 18.2 Å². The predicted octanol–water partition coefficient (Wildman–Crippen LogP) is 2.31. The topological polar surface area (TPSA) is 60.9 Å². The molecule has 5 nitrogen and oxygen atoms in total. The Bertz CT molecular complexity index is 787. The fourth-order valence-electron chi connectivity index (χ4n) is 5.45. The molecule has 3 atom stereocenters. The Labute approximate surface area is 155 Å². The van der Waals surface area contributed by atoms with E-state index in [0.717, 1.165) is 12.0 Å². The highest BCUT2D eigenvalue weighted by atomic mass is 16.3. The van der Waals surface area contributed by atoms with Gasteiger partial charge in [-0.3, -0.25) is 9.59 Å². The van der Waals surface area contributed by atoms with E-state index in [1.54, 1.807) is 18.0 Å². The molecule has 1 N–H and O–H groups in total. The van der Waals surface area contributed by atoms with Gasteiger partial charge in [0.05, 0.1) is 5.92 Å². The van der Waals surface area contributed by atoms with Crippen molar-refractivity contribution >= 4 is 11.8 Å². The van der Waals surface area contributed by atoms with E-state index in [4.69, 9.17) is 0 Å². The van der Waals surface area contributed by atoms with Crippen LogP contribution in [-0.4, -0.2) is 52.9 Å². The third-order valence-corrected chi connectivity index (χ3v) is 7.60. The molecule has 0 aromatic heterocycles. The monoisotopic (exact) mass is 356 g/mol. The molecular weight excluding hydrogens is 328 g/mol. The zero-order valence-electron chi connectivity index (χ0n) is 16.1. The molecular formula is C21H28N2O3. The van der Waals surface area contributed by atoms with Crippen LogP contribution in [0, 0.1) is 11.3 Å². The predicted molar refractivity (Wildman–Crippen MR) is 98.8 cm³/mol. The number of phenols is 1. The van der Waals surface area contributed by atoms with Crippen LogP contribution < -0.4 is 0 Å². The summed E-state index contributed by atoms with van der Waals surface area (Å²) in [6.45, 7) is 7.99. The van der Waals surface area contributed by atoms with Gasteiger partial charge in [0, 0.05) is 38.0 Å². The lowest BCUT2D eigenvalue weighted by molar-refractivity contribution is -0.148. The summed E-state index contributed by atoms with van der Waals surface area (Å²) in [4.78, 5) is 28.8. The third-order valence-electron chi connectivity index (χ3n) is 7.60. The summed E-state index contributed by atoms with van der Waals surface area (Å²) in [6, 6.07) is 5.84. The van der Waals surface area contributed by atoms with Gasteiger partial charge in [0.1, 0.15) is 5.75 Å². The van der Waals surface area contributed by atoms with Crippen molar-refractivity contribution in [3.8, 4) is 5.75 Å². The smallest absolute Gasteiger partial charge is 0.228 e. The Balaban J connectivity index is 1.72. The molecule has 2 fully saturated rings. The molecule has 2 aliphatic heterocycles. The number of piperidine rings is 1. The second-order valence-electron chi connectivity index (χ2n) is 9.03. The molecule has 0 radical (unpaired) electrons. The maximum absolute atomic E-state index is 13.3. The second-order valence-corrected chi connectivity index (χ2v) is 9.03. The zero-order valence-corrected chi connectivity index (χ0v) is 16.1. The van der Waals surface area contributed by atoms with E-state index >= 15 is 0 Å². The number of carbonyl (C=O) groups is 2. The van der Waals surface area contributed by atoms with E-state index in [9.17, 15) is 14.7 Å². The number of likely N-dealkylation sites (tertiary alicyclic amines) is 2. The van der Waals surface area contributed by atoms with Crippen LogP contribution >= 0.6 is 0 Å². The van der Waals surface area contributed by atoms with Crippen molar-refractivity contribution in [3.05, 3.63) is 29.3 Å². The van der Waals surface area contributed by atoms with Crippen LogP contribution in [0.4, 0.5) is 0 Å². The van der Waals surface area contributed by atoms with Gasteiger partial charge in [-0.25, -0.2) is 0 Å². The van der Waals surface area contributed by atoms with Crippen molar-refractivity contribution in [2.45, 2.75) is 51.5 Å². The van der Waals surface area contributed by atoms with Crippen molar-refractivity contribution in [1.29, 1.82) is 0 Å². The largest absolute Gasteiger partial charge is 0.508 e. The number of hydrogen-bond donors (Lipinski definition) is 1. The lowest BCUT2D eigenvalue weighted by Crippen LogP contribution is -2.65. The zero-order chi connectivity index (χ0) is 18.9. The molecule has 26 heavy (non-hydrogen) atoms. The highest BCUT2D eigenvalue weighted by molar-refractivity contribution is 5.89. The lowest BCUT2D eigenvalue weighted by Gasteiger charge is -2.61. The van der Waals surface area contributed by atoms with Crippen LogP contribution in [0.25, 0.3) is 0 Å². The first-order chi connectivity index (χ1) is 12.2. The quantitative estimate of drug-likeness (QED) is 0.840. The number of carbonyl (C=O) groups excluding carboxylic acids is 2. The number of aromatic hydroxyl groups is 1. The normalized spacial score (nSPS) is 32.5. The Morgan fingerprint density at radius 2 is 1.96 bits per heavy atom. The van der Waals surface area contributed by atoms with E-state index < -0.39 is 0 Å². The minimum atomic E-state index is -0.238. The molecule has 2 amide bonds. The van der Waals surface area contributed by atoms with Gasteiger partial charge in [0.15, 0.2) is 0 Å². The number of rotatable bonds is 1. The van der Waals surface area contributed by atoms with Crippen molar-refractivity contribution in [2.24, 2.45) is 11.3 Å². The van der Waals surface area contributed by atoms with Crippen LogP contribution in [0.3, 0.4) is 0 Å². The number of nitrogens with zero attached hydrogens (tertiary/aromatic N) is 2. The highest BCUT2D eigenvalue weighted by Gasteiger charge is 2.57. The molecule has 140 valence electrons. The van der Waals surface area contributed by atoms with Gasteiger partial charge in [-0.2, -0.15) is 0 Å². The van der Waals surface area contributed by atoms with Crippen LogP contribution in [0.1, 0.15) is 44.7 Å². The van der Waals surface area contributed by atoms with Crippen molar-refractivity contribution < 1.29 is 14.7 Å². The summed E-state index contributed by atoms with van der Waals surface area (Å²) in [5, 5.41) is 10.4. The number of hydrogen-bond acceptors (Lipinski definition) is 3. The summed E-state index contributed by atoms with van der Waals surface area (Å²) in [5.74, 6) is 0.246. The fourth-order valence-corrected chi connectivity index (χ4v) is 5.45. The molecule has 3 aliphatic rings. The lowest BCUT2D eigenvalue weighted by atomic mass is 9.51. The molecule has 2 bridgehead atoms. The maximum atomic E-state index is 13.3. The minimum Gasteiger partial charge on any atom is -0.508 e. The first-order valence-electron chi connectivity index (χ1n) is 9.52. The van der Waals surface area contributed by atoms with E-state index in [-0.39, 0.29) is 34.6 Å². The Morgan fingerprint density at radius 1 is 1.23 bits per heavy atom. The average molecular weight is 356 g/mol. The molecule has 1 aliphatic carbocycles. The van der Waals surface area contributed by atoms with Gasteiger partial charge in [-0.15, -0.1) is 0 Å². The van der Waals surface area contributed by atoms with Gasteiger partial charge in [-0.1, -0.05) is 32.9 Å². The summed E-state index contributed by atoms with van der Waals surface area (Å²) in [7, 11) is 1.77. The Morgan fingerprint density at radius 3 is 2.62 bits per heavy atom. The van der Waals surface area contributed by atoms with Crippen LogP contribution in [0.5, 0.6) is 5.75 Å². The van der Waals surface area contributed by atoms with Crippen molar-refractivity contribution in [1.82, 2.24) is 9.80 Å². The first-order valence-corrected chi connectivity index (χ1v) is 9.52. The second kappa shape index (κ2) is 5.48. The van der Waals surface area contributed by atoms with E-state index in [0.29, 0.717) is 31.7 Å². The molecule has 5 heteroatoms. The van der Waals surface area contributed by atoms with Gasteiger partial charge in [0.2, 0.25) is 11.8 Å². The van der Waals surface area contributed by atoms with Crippen molar-refractivity contribution in [2.75, 3.05) is 20.1 Å². The molecule has 4 rings (SSSR count). The minimum absolute atomic E-state index is 0.0376. The van der Waals surface area contributed by atoms with Gasteiger partial charge >= 0.3 is 0 Å². The summed E-state index contributed by atoms with van der Waals surface area (Å²) >= 11 is 0. The molecule has 1 aromatic carbocycles. The highest BCUT2D eigenvalue weighted by Crippen LogP contribution is 2.57. The Kier molecular flexibility index (Phi) is 3.66. The maximum Gasteiger partial charge on any atom is 0.228 e. The molecule has 0 spiro atoms. The molecule has 1 unspecified atom stereocenters. The molecule has 2 heterocycles. The van der Waals surface area contributed by atoms with E-state index in [1.165, 1.54) is 5.56 Å². The number of benzene rings is 1. The summed E-state index contributed by atoms with van der Waals surface area (Å²) in [5.41, 5.74) is 2.03. The van der Waals surface area contributed by atoms with Gasteiger partial charge in [0.25, 0.3) is 0 Å². The number of phenolic OH excluding ortho intramolecular Hbond substituents is 1. The molecule has 2 saturated heterocycles. The summed E-state index contributed by atoms with van der Waals surface area (Å²) in [6.07, 6.45) is 1.86. The molecule has 0 saturated carbocycles. The van der Waals surface area contributed by atoms with E-state index in [2.05, 4.69) is 26.8 Å². The van der Waals surface area contributed by atoms with Crippen LogP contribution in [-0.2, 0) is 21.4 Å². The first kappa shape index (κ1) is 17.4. The SMILES string of the molecule is CN1CC(C(=O)N2CC[C@@]3(C)c4cccc(O)c4C[C@@H]2C3(C)C)CC1=O. The third kappa shape index (κ3) is 2.15. The van der Waals surface area contributed by atoms with Crippen molar-refractivity contribution in [3.63, 3.8) is 0 Å². The fraction of sp³-hybridized carbons (Fsp3) is 0.619. The van der Waals surface area contributed by atoms with E-state index in [1.807, 2.05) is 11.0 Å². The standard InChI is InChI=1S/C21H28N2O3/c1-20(2)17-11-14-15(6-5-7-16(14)24)21(20,3)8-9-23(17)19(26)13-10-18(25)22(4)12-13/h5-7,13,17,24H,8-12H2,1-4H3/t13?,17-,21+/m1/s1. The number of fused-ring (bicyclic) bond motifs is 4. The summed E-state index contributed by atoms with van der Waals surface area (Å²) < 4.78 is 0. The van der Waals surface area contributed by atoms with Gasteiger partial charge in [-0.05, 0) is 35.4 Å². The average Bonchev–Trinajstić information content (AvgIpc) is 2.90. The number of amides is 2. The van der Waals surface area contributed by atoms with Crippen LogP contribution in [0.2, 0.25) is 0 Å². The van der Waals surface area contributed by atoms with Gasteiger partial charge < -0.3 is 14.9 Å². The molecule has 1 aromatic rings. The Hall–Kier alpha value is -2.04.